The van der Waals surface area contributed by atoms with Crippen molar-refractivity contribution in [2.75, 3.05) is 5.75 Å². The maximum Gasteiger partial charge on any atom is 0.262 e. The Labute approximate surface area is 202 Å². The molecule has 0 bridgehead atoms. The first kappa shape index (κ1) is 21.8. The SMILES string of the molecule is N#C/C(=C(/O)CSc1nc2cc(Cl)ccc2c(=O)n1Cc1ccco1)c1nc2ccccc2[nH]1. The summed E-state index contributed by atoms with van der Waals surface area (Å²) >= 11 is 7.23. The minimum Gasteiger partial charge on any atom is -0.510 e. The number of allylic oxidation sites excluding steroid dienone is 1. The van der Waals surface area contributed by atoms with E-state index in [1.165, 1.54) is 10.8 Å². The van der Waals surface area contributed by atoms with Crippen molar-refractivity contribution >= 4 is 50.9 Å². The van der Waals surface area contributed by atoms with Crippen LogP contribution in [0.1, 0.15) is 11.6 Å². The summed E-state index contributed by atoms with van der Waals surface area (Å²) in [5, 5.41) is 21.6. The summed E-state index contributed by atoms with van der Waals surface area (Å²) in [4.78, 5) is 25.3. The zero-order chi connectivity index (χ0) is 23.7. The summed E-state index contributed by atoms with van der Waals surface area (Å²) in [5.41, 5.74) is 1.64. The molecule has 0 saturated heterocycles. The first-order valence-corrected chi connectivity index (χ1v) is 11.5. The lowest BCUT2D eigenvalue weighted by atomic mass is 10.2. The number of thioether (sulfide) groups is 1. The molecule has 34 heavy (non-hydrogen) atoms. The van der Waals surface area contributed by atoms with E-state index in [1.807, 2.05) is 30.3 Å². The second-order valence-electron chi connectivity index (χ2n) is 7.35. The monoisotopic (exact) mass is 489 g/mol. The van der Waals surface area contributed by atoms with Gasteiger partial charge in [0.25, 0.3) is 5.56 Å². The number of H-pyrrole nitrogens is 1. The van der Waals surface area contributed by atoms with Crippen LogP contribution >= 0.6 is 23.4 Å². The molecule has 0 unspecified atom stereocenters. The number of hydrogen-bond donors (Lipinski definition) is 2. The fourth-order valence-electron chi connectivity index (χ4n) is 3.51. The van der Waals surface area contributed by atoms with Gasteiger partial charge in [-0.2, -0.15) is 5.26 Å². The average molecular weight is 490 g/mol. The Hall–Kier alpha value is -4.00. The van der Waals surface area contributed by atoms with Crippen LogP contribution in [0.25, 0.3) is 27.5 Å². The van der Waals surface area contributed by atoms with Crippen LogP contribution in [-0.2, 0) is 6.54 Å². The lowest BCUT2D eigenvalue weighted by Gasteiger charge is -2.12. The highest BCUT2D eigenvalue weighted by molar-refractivity contribution is 7.99. The van der Waals surface area contributed by atoms with Crippen molar-refractivity contribution in [2.45, 2.75) is 11.7 Å². The number of rotatable bonds is 6. The topological polar surface area (TPSA) is 121 Å². The minimum atomic E-state index is -0.262. The average Bonchev–Trinajstić information content (AvgIpc) is 3.50. The molecule has 5 rings (SSSR count). The highest BCUT2D eigenvalue weighted by Gasteiger charge is 2.17. The van der Waals surface area contributed by atoms with Gasteiger partial charge >= 0.3 is 0 Å². The van der Waals surface area contributed by atoms with Crippen molar-refractivity contribution in [2.24, 2.45) is 0 Å². The van der Waals surface area contributed by atoms with Gasteiger partial charge in [0.05, 0.1) is 40.5 Å². The number of hydrogen-bond acceptors (Lipinski definition) is 7. The second-order valence-corrected chi connectivity index (χ2v) is 8.73. The molecular weight excluding hydrogens is 474 g/mol. The smallest absolute Gasteiger partial charge is 0.262 e. The van der Waals surface area contributed by atoms with Gasteiger partial charge in [0.1, 0.15) is 23.2 Å². The third kappa shape index (κ3) is 4.17. The van der Waals surface area contributed by atoms with E-state index >= 15 is 0 Å². The van der Waals surface area contributed by atoms with Crippen molar-refractivity contribution in [3.8, 4) is 6.07 Å². The zero-order valence-corrected chi connectivity index (χ0v) is 19.1. The summed E-state index contributed by atoms with van der Waals surface area (Å²) in [6, 6.07) is 17.7. The summed E-state index contributed by atoms with van der Waals surface area (Å²) in [5.74, 6) is 0.666. The van der Waals surface area contributed by atoms with E-state index < -0.39 is 0 Å². The van der Waals surface area contributed by atoms with E-state index in [0.717, 1.165) is 17.3 Å². The van der Waals surface area contributed by atoms with Crippen LogP contribution in [0, 0.1) is 11.3 Å². The first-order valence-electron chi connectivity index (χ1n) is 10.2. The predicted molar refractivity (Wildman–Crippen MR) is 131 cm³/mol. The molecule has 8 nitrogen and oxygen atoms in total. The molecule has 0 radical (unpaired) electrons. The van der Waals surface area contributed by atoms with E-state index in [9.17, 15) is 15.2 Å². The zero-order valence-electron chi connectivity index (χ0n) is 17.5. The number of nitriles is 1. The number of aliphatic hydroxyl groups is 1. The fourth-order valence-corrected chi connectivity index (χ4v) is 4.55. The van der Waals surface area contributed by atoms with Crippen molar-refractivity contribution < 1.29 is 9.52 Å². The molecule has 0 aliphatic heterocycles. The molecule has 0 spiro atoms. The van der Waals surface area contributed by atoms with Crippen molar-refractivity contribution in [3.05, 3.63) is 93.6 Å². The van der Waals surface area contributed by atoms with Crippen molar-refractivity contribution in [3.63, 3.8) is 0 Å². The Morgan fingerprint density at radius 1 is 1.18 bits per heavy atom. The van der Waals surface area contributed by atoms with E-state index in [1.54, 1.807) is 30.3 Å². The molecule has 3 aromatic heterocycles. The molecule has 3 heterocycles. The molecule has 2 N–H and O–H groups in total. The van der Waals surface area contributed by atoms with Crippen molar-refractivity contribution in [1.82, 2.24) is 19.5 Å². The molecule has 0 amide bonds. The Morgan fingerprint density at radius 2 is 2.03 bits per heavy atom. The maximum atomic E-state index is 13.2. The standard InChI is InChI=1S/C24H16ClN5O3S/c25-14-7-8-16-20(10-14)29-24(30(23(16)32)12-15-4-3-9-33-15)34-13-21(31)17(11-26)22-27-18-5-1-2-6-19(18)28-22/h1-10,31H,12-13H2,(H,27,28)/b21-17-. The number of furan rings is 1. The molecule has 0 aliphatic rings. The number of nitrogens with zero attached hydrogens (tertiary/aromatic N) is 4. The summed E-state index contributed by atoms with van der Waals surface area (Å²) in [6.07, 6.45) is 1.53. The van der Waals surface area contributed by atoms with Crippen LogP contribution < -0.4 is 5.56 Å². The number of aromatic amines is 1. The maximum absolute atomic E-state index is 13.2. The van der Waals surface area contributed by atoms with Gasteiger partial charge in [-0.3, -0.25) is 9.36 Å². The number of nitrogens with one attached hydrogen (secondary N) is 1. The molecular formula is C24H16ClN5O3S. The molecule has 0 atom stereocenters. The lowest BCUT2D eigenvalue weighted by Crippen LogP contribution is -2.24. The van der Waals surface area contributed by atoms with Gasteiger partial charge in [-0.05, 0) is 42.5 Å². The number of para-hydroxylation sites is 2. The Kier molecular flexibility index (Phi) is 5.84. The van der Waals surface area contributed by atoms with Crippen LogP contribution in [0.15, 0.2) is 81.0 Å². The highest BCUT2D eigenvalue weighted by atomic mass is 35.5. The number of aromatic nitrogens is 4. The van der Waals surface area contributed by atoms with E-state index in [2.05, 4.69) is 15.0 Å². The van der Waals surface area contributed by atoms with Gasteiger partial charge in [0.15, 0.2) is 11.0 Å². The summed E-state index contributed by atoms with van der Waals surface area (Å²) < 4.78 is 6.89. The largest absolute Gasteiger partial charge is 0.510 e. The summed E-state index contributed by atoms with van der Waals surface area (Å²) in [6.45, 7) is 0.166. The lowest BCUT2D eigenvalue weighted by molar-refractivity contribution is 0.420. The molecule has 5 aromatic rings. The molecule has 10 heteroatoms. The Bertz CT molecular complexity index is 1610. The van der Waals surface area contributed by atoms with Gasteiger partial charge in [0, 0.05) is 5.02 Å². The molecule has 0 aliphatic carbocycles. The third-order valence-corrected chi connectivity index (χ3v) is 6.36. The highest BCUT2D eigenvalue weighted by Crippen LogP contribution is 2.25. The number of halogens is 1. The molecule has 168 valence electrons. The minimum absolute atomic E-state index is 0.00337. The van der Waals surface area contributed by atoms with Gasteiger partial charge in [0.2, 0.25) is 0 Å². The van der Waals surface area contributed by atoms with E-state index in [-0.39, 0.29) is 35.0 Å². The van der Waals surface area contributed by atoms with Crippen LogP contribution in [0.3, 0.4) is 0 Å². The number of imidazole rings is 1. The van der Waals surface area contributed by atoms with Gasteiger partial charge in [-0.15, -0.1) is 0 Å². The van der Waals surface area contributed by atoms with Crippen LogP contribution in [0.4, 0.5) is 0 Å². The number of benzene rings is 2. The van der Waals surface area contributed by atoms with E-state index in [4.69, 9.17) is 16.0 Å². The molecule has 0 saturated carbocycles. The first-order chi connectivity index (χ1) is 16.5. The van der Waals surface area contributed by atoms with Crippen LogP contribution in [0.2, 0.25) is 5.02 Å². The van der Waals surface area contributed by atoms with Crippen LogP contribution in [-0.4, -0.2) is 30.4 Å². The van der Waals surface area contributed by atoms with Gasteiger partial charge in [-0.1, -0.05) is 35.5 Å². The van der Waals surface area contributed by atoms with Crippen LogP contribution in [0.5, 0.6) is 0 Å². The molecule has 0 fully saturated rings. The predicted octanol–water partition coefficient (Wildman–Crippen LogP) is 5.15. The Balaban J connectivity index is 1.53. The van der Waals surface area contributed by atoms with Gasteiger partial charge < -0.3 is 14.5 Å². The fraction of sp³-hybridized carbons (Fsp3) is 0.0833. The normalized spacial score (nSPS) is 12.1. The second kappa shape index (κ2) is 9.09. The third-order valence-electron chi connectivity index (χ3n) is 5.14. The Morgan fingerprint density at radius 3 is 2.79 bits per heavy atom. The van der Waals surface area contributed by atoms with Gasteiger partial charge in [-0.25, -0.2) is 9.97 Å². The van der Waals surface area contributed by atoms with E-state index in [0.29, 0.717) is 32.4 Å². The number of aliphatic hydroxyl groups excluding tert-OH is 1. The summed E-state index contributed by atoms with van der Waals surface area (Å²) in [7, 11) is 0. The van der Waals surface area contributed by atoms with Crippen molar-refractivity contribution in [1.29, 1.82) is 5.26 Å². The number of fused-ring (bicyclic) bond motifs is 2. The molecule has 2 aromatic carbocycles. The quantitative estimate of drug-likeness (QED) is 0.146.